The van der Waals surface area contributed by atoms with E-state index in [1.165, 1.54) is 4.68 Å². The number of hydrogen-bond donors (Lipinski definition) is 0. The number of carbonyl (C=O) groups excluding carboxylic acids is 1. The monoisotopic (exact) mass is 398 g/mol. The highest BCUT2D eigenvalue weighted by molar-refractivity contribution is 9.10. The molecule has 0 aliphatic heterocycles. The Morgan fingerprint density at radius 3 is 2.52 bits per heavy atom. The summed E-state index contributed by atoms with van der Waals surface area (Å²) in [6.45, 7) is 1.89. The predicted molar refractivity (Wildman–Crippen MR) is 97.1 cm³/mol. The fourth-order valence-corrected chi connectivity index (χ4v) is 2.44. The molecule has 0 aliphatic rings. The van der Waals surface area contributed by atoms with Crippen molar-refractivity contribution in [1.82, 2.24) is 20.2 Å². The van der Waals surface area contributed by atoms with Crippen LogP contribution in [-0.4, -0.2) is 26.2 Å². The van der Waals surface area contributed by atoms with Gasteiger partial charge in [0.2, 0.25) is 0 Å². The van der Waals surface area contributed by atoms with E-state index in [2.05, 4.69) is 31.5 Å². The zero-order valence-corrected chi connectivity index (χ0v) is 15.0. The minimum atomic E-state index is -0.498. The number of nitrogens with zero attached hydrogens (tertiary/aromatic N) is 4. The van der Waals surface area contributed by atoms with Crippen LogP contribution < -0.4 is 0 Å². The van der Waals surface area contributed by atoms with E-state index < -0.39 is 5.97 Å². The number of aromatic nitrogens is 4. The molecule has 126 valence electrons. The van der Waals surface area contributed by atoms with Crippen molar-refractivity contribution in [3.63, 3.8) is 0 Å². The number of aryl methyl sites for hydroxylation is 1. The smallest absolute Gasteiger partial charge is 0.357 e. The Bertz CT molecular complexity index is 889. The summed E-state index contributed by atoms with van der Waals surface area (Å²) < 4.78 is 7.78. The molecule has 0 bridgehead atoms. The summed E-state index contributed by atoms with van der Waals surface area (Å²) in [5.41, 5.74) is 2.00. The number of halogens is 1. The first-order valence-electron chi connectivity index (χ1n) is 7.57. The van der Waals surface area contributed by atoms with Crippen LogP contribution in [0.2, 0.25) is 0 Å². The van der Waals surface area contributed by atoms with Crippen LogP contribution >= 0.6 is 15.9 Å². The van der Waals surface area contributed by atoms with Gasteiger partial charge in [0.15, 0.2) is 11.5 Å². The summed E-state index contributed by atoms with van der Waals surface area (Å²) in [6.07, 6.45) is 1.70. The summed E-state index contributed by atoms with van der Waals surface area (Å²) in [5.74, 6) is 0.00458. The van der Waals surface area contributed by atoms with Crippen molar-refractivity contribution in [1.29, 1.82) is 0 Å². The molecular formula is C18H15BrN4O2. The summed E-state index contributed by atoms with van der Waals surface area (Å²) in [4.78, 5) is 12.6. The first-order chi connectivity index (χ1) is 12.1. The van der Waals surface area contributed by atoms with Crippen LogP contribution in [0.3, 0.4) is 0 Å². The number of esters is 1. The average Bonchev–Trinajstić information content (AvgIpc) is 3.05. The van der Waals surface area contributed by atoms with Gasteiger partial charge in [0.25, 0.3) is 0 Å². The summed E-state index contributed by atoms with van der Waals surface area (Å²) in [6, 6.07) is 17.0. The van der Waals surface area contributed by atoms with Crippen LogP contribution in [0.1, 0.15) is 17.0 Å². The van der Waals surface area contributed by atoms with Crippen LogP contribution in [0.15, 0.2) is 59.1 Å². The molecule has 0 N–H and O–H groups in total. The second-order valence-corrected chi connectivity index (χ2v) is 6.20. The Kier molecular flexibility index (Phi) is 5.35. The highest BCUT2D eigenvalue weighted by atomic mass is 79.9. The van der Waals surface area contributed by atoms with Gasteiger partial charge in [0.1, 0.15) is 6.61 Å². The van der Waals surface area contributed by atoms with Crippen LogP contribution in [-0.2, 0) is 16.1 Å². The molecule has 25 heavy (non-hydrogen) atoms. The third-order valence-corrected chi connectivity index (χ3v) is 3.98. The maximum absolute atomic E-state index is 12.6. The first kappa shape index (κ1) is 17.0. The fraction of sp³-hybridized carbons (Fsp3) is 0.111. The average molecular weight is 399 g/mol. The van der Waals surface area contributed by atoms with Gasteiger partial charge in [0.05, 0.1) is 0 Å². The summed E-state index contributed by atoms with van der Waals surface area (Å²) in [5, 5.41) is 11.3. The van der Waals surface area contributed by atoms with E-state index in [9.17, 15) is 4.79 Å². The van der Waals surface area contributed by atoms with Crippen molar-refractivity contribution in [2.75, 3.05) is 0 Å². The van der Waals surface area contributed by atoms with E-state index in [0.717, 1.165) is 15.6 Å². The highest BCUT2D eigenvalue weighted by Gasteiger charge is 2.17. The fourth-order valence-electron chi connectivity index (χ4n) is 2.17. The second kappa shape index (κ2) is 7.85. The third kappa shape index (κ3) is 4.39. The van der Waals surface area contributed by atoms with E-state index in [1.807, 2.05) is 54.6 Å². The molecule has 0 saturated heterocycles. The van der Waals surface area contributed by atoms with Gasteiger partial charge in [-0.15, -0.1) is 5.10 Å². The van der Waals surface area contributed by atoms with Crippen molar-refractivity contribution in [2.24, 2.45) is 0 Å². The van der Waals surface area contributed by atoms with Crippen molar-refractivity contribution >= 4 is 33.7 Å². The molecule has 0 fully saturated rings. The molecule has 0 amide bonds. The lowest BCUT2D eigenvalue weighted by Gasteiger charge is -2.09. The van der Waals surface area contributed by atoms with Crippen molar-refractivity contribution in [3.05, 3.63) is 76.0 Å². The molecule has 0 radical (unpaired) electrons. The van der Waals surface area contributed by atoms with Gasteiger partial charge in [-0.2, -0.15) is 4.68 Å². The Morgan fingerprint density at radius 1 is 1.16 bits per heavy atom. The van der Waals surface area contributed by atoms with Crippen LogP contribution in [0.25, 0.3) is 11.8 Å². The third-order valence-electron chi connectivity index (χ3n) is 3.45. The molecule has 3 rings (SSSR count). The molecule has 0 aliphatic carbocycles. The van der Waals surface area contributed by atoms with E-state index in [-0.39, 0.29) is 12.3 Å². The minimum Gasteiger partial charge on any atom is -0.456 e. The number of carbonyl (C=O) groups is 1. The molecule has 1 aromatic heterocycles. The van der Waals surface area contributed by atoms with Crippen molar-refractivity contribution < 1.29 is 9.53 Å². The maximum atomic E-state index is 12.6. The van der Waals surface area contributed by atoms with Gasteiger partial charge in [0, 0.05) is 4.47 Å². The van der Waals surface area contributed by atoms with Gasteiger partial charge < -0.3 is 4.74 Å². The molecule has 6 nitrogen and oxygen atoms in total. The number of ether oxygens (including phenoxy) is 1. The normalized spacial score (nSPS) is 11.4. The Hall–Kier alpha value is -2.80. The predicted octanol–water partition coefficient (Wildman–Crippen LogP) is 3.49. The Balaban J connectivity index is 1.84. The van der Waals surface area contributed by atoms with E-state index >= 15 is 0 Å². The van der Waals surface area contributed by atoms with Gasteiger partial charge in [-0.1, -0.05) is 58.4 Å². The maximum Gasteiger partial charge on any atom is 0.357 e. The van der Waals surface area contributed by atoms with E-state index in [1.54, 1.807) is 13.0 Å². The molecule has 7 heteroatoms. The number of rotatable bonds is 5. The minimum absolute atomic E-state index is 0.166. The standard InChI is InChI=1S/C18H15BrN4O2/c1-13-20-21-22-23(13)17(11-14-5-3-2-4-6-14)18(24)25-12-15-7-9-16(19)10-8-15/h2-11H,12H2,1H3. The summed E-state index contributed by atoms with van der Waals surface area (Å²) in [7, 11) is 0. The molecule has 1 heterocycles. The van der Waals surface area contributed by atoms with E-state index in [0.29, 0.717) is 5.82 Å². The molecule has 0 spiro atoms. The van der Waals surface area contributed by atoms with Crippen LogP contribution in [0, 0.1) is 6.92 Å². The quantitative estimate of drug-likeness (QED) is 0.485. The SMILES string of the molecule is Cc1nnnn1C(=Cc1ccccc1)C(=O)OCc1ccc(Br)cc1. The number of hydrogen-bond acceptors (Lipinski definition) is 5. The van der Waals surface area contributed by atoms with Crippen molar-refractivity contribution in [3.8, 4) is 0 Å². The summed E-state index contributed by atoms with van der Waals surface area (Å²) >= 11 is 3.38. The van der Waals surface area contributed by atoms with Crippen LogP contribution in [0.5, 0.6) is 0 Å². The first-order valence-corrected chi connectivity index (χ1v) is 8.36. The number of tetrazole rings is 1. The van der Waals surface area contributed by atoms with Gasteiger partial charge >= 0.3 is 5.97 Å². The van der Waals surface area contributed by atoms with Crippen molar-refractivity contribution in [2.45, 2.75) is 13.5 Å². The molecule has 3 aromatic rings. The topological polar surface area (TPSA) is 69.9 Å². The molecule has 0 saturated carbocycles. The highest BCUT2D eigenvalue weighted by Crippen LogP contribution is 2.16. The van der Waals surface area contributed by atoms with Gasteiger partial charge in [-0.05, 0) is 46.7 Å². The van der Waals surface area contributed by atoms with Gasteiger partial charge in [-0.25, -0.2) is 4.79 Å². The largest absolute Gasteiger partial charge is 0.456 e. The lowest BCUT2D eigenvalue weighted by molar-refractivity contribution is -0.138. The Labute approximate surface area is 153 Å². The molecule has 2 aromatic carbocycles. The second-order valence-electron chi connectivity index (χ2n) is 5.28. The molecule has 0 unspecified atom stereocenters. The number of benzene rings is 2. The lowest BCUT2D eigenvalue weighted by atomic mass is 10.2. The lowest BCUT2D eigenvalue weighted by Crippen LogP contribution is -2.15. The zero-order chi connectivity index (χ0) is 17.6. The Morgan fingerprint density at radius 2 is 1.88 bits per heavy atom. The van der Waals surface area contributed by atoms with Gasteiger partial charge in [-0.3, -0.25) is 0 Å². The zero-order valence-electron chi connectivity index (χ0n) is 13.5. The molecule has 0 atom stereocenters. The molecular weight excluding hydrogens is 384 g/mol. The van der Waals surface area contributed by atoms with Crippen LogP contribution in [0.4, 0.5) is 0 Å². The van der Waals surface area contributed by atoms with E-state index in [4.69, 9.17) is 4.74 Å².